The van der Waals surface area contributed by atoms with Gasteiger partial charge in [0.15, 0.2) is 11.5 Å². The number of fused-ring (bicyclic) bond motifs is 1. The average molecular weight is 341 g/mol. The molecule has 1 amide bonds. The molecule has 0 unspecified atom stereocenters. The lowest BCUT2D eigenvalue weighted by molar-refractivity contribution is -0.116. The van der Waals surface area contributed by atoms with Crippen molar-refractivity contribution >= 4 is 16.9 Å². The van der Waals surface area contributed by atoms with Crippen molar-refractivity contribution < 1.29 is 19.0 Å². The Hall–Kier alpha value is -3.22. The van der Waals surface area contributed by atoms with Crippen LogP contribution in [-0.2, 0) is 11.2 Å². The van der Waals surface area contributed by atoms with Crippen LogP contribution in [0.25, 0.3) is 11.0 Å². The summed E-state index contributed by atoms with van der Waals surface area (Å²) in [6, 6.07) is 11.1. The monoisotopic (exact) mass is 341 g/mol. The quantitative estimate of drug-likeness (QED) is 0.745. The summed E-state index contributed by atoms with van der Waals surface area (Å²) in [5.41, 5.74) is 5.22. The molecule has 2 aromatic carbocycles. The highest BCUT2D eigenvalue weighted by molar-refractivity contribution is 5.88. The predicted molar refractivity (Wildman–Crippen MR) is 93.9 cm³/mol. The van der Waals surface area contributed by atoms with Gasteiger partial charge in [-0.15, -0.1) is 0 Å². The first-order valence-electron chi connectivity index (χ1n) is 7.67. The van der Waals surface area contributed by atoms with Crippen molar-refractivity contribution in [3.05, 3.63) is 48.3 Å². The van der Waals surface area contributed by atoms with Gasteiger partial charge in [0, 0.05) is 0 Å². The van der Waals surface area contributed by atoms with E-state index < -0.39 is 0 Å². The number of aromatic nitrogens is 2. The lowest BCUT2D eigenvalue weighted by Crippen LogP contribution is -2.23. The zero-order valence-electron chi connectivity index (χ0n) is 14.3. The number of amides is 1. The molecule has 1 aromatic heterocycles. The van der Waals surface area contributed by atoms with Gasteiger partial charge in [0.1, 0.15) is 6.33 Å². The van der Waals surface area contributed by atoms with Gasteiger partial charge in [-0.2, -0.15) is 0 Å². The van der Waals surface area contributed by atoms with Crippen molar-refractivity contribution in [3.8, 4) is 17.2 Å². The van der Waals surface area contributed by atoms with Gasteiger partial charge in [-0.3, -0.25) is 10.2 Å². The molecule has 0 saturated carbocycles. The molecule has 0 spiro atoms. The van der Waals surface area contributed by atoms with Gasteiger partial charge in [0.25, 0.3) is 0 Å². The van der Waals surface area contributed by atoms with Crippen LogP contribution in [-0.4, -0.2) is 36.9 Å². The van der Waals surface area contributed by atoms with E-state index in [9.17, 15) is 4.79 Å². The minimum atomic E-state index is -0.183. The van der Waals surface area contributed by atoms with Gasteiger partial charge in [-0.1, -0.05) is 12.1 Å². The van der Waals surface area contributed by atoms with E-state index in [1.807, 2.05) is 24.3 Å². The summed E-state index contributed by atoms with van der Waals surface area (Å²) in [4.78, 5) is 16.7. The SMILES string of the molecule is COc1cc(CC(=O)Nn2cnc3ccccc32)cc(OC)c1OC. The fourth-order valence-corrected chi connectivity index (χ4v) is 2.64. The largest absolute Gasteiger partial charge is 0.493 e. The molecule has 7 nitrogen and oxygen atoms in total. The van der Waals surface area contributed by atoms with Gasteiger partial charge in [-0.25, -0.2) is 9.66 Å². The number of carbonyl (C=O) groups is 1. The van der Waals surface area contributed by atoms with Gasteiger partial charge >= 0.3 is 0 Å². The lowest BCUT2D eigenvalue weighted by atomic mass is 10.1. The number of benzene rings is 2. The van der Waals surface area contributed by atoms with E-state index in [-0.39, 0.29) is 12.3 Å². The molecular formula is C18H19N3O4. The number of para-hydroxylation sites is 2. The summed E-state index contributed by atoms with van der Waals surface area (Å²) >= 11 is 0. The molecule has 0 aliphatic rings. The molecule has 3 aromatic rings. The van der Waals surface area contributed by atoms with Crippen molar-refractivity contribution in [3.63, 3.8) is 0 Å². The second kappa shape index (κ2) is 7.12. The topological polar surface area (TPSA) is 74.6 Å². The fourth-order valence-electron chi connectivity index (χ4n) is 2.64. The van der Waals surface area contributed by atoms with Crippen LogP contribution in [0.15, 0.2) is 42.7 Å². The third kappa shape index (κ3) is 3.35. The Balaban J connectivity index is 1.81. The molecule has 3 rings (SSSR count). The van der Waals surface area contributed by atoms with Crippen LogP contribution >= 0.6 is 0 Å². The molecule has 0 saturated heterocycles. The Morgan fingerprint density at radius 2 is 1.76 bits per heavy atom. The summed E-state index contributed by atoms with van der Waals surface area (Å²) in [6.45, 7) is 0. The smallest absolute Gasteiger partial charge is 0.243 e. The third-order valence-corrected chi connectivity index (χ3v) is 3.79. The van der Waals surface area contributed by atoms with E-state index in [4.69, 9.17) is 14.2 Å². The normalized spacial score (nSPS) is 10.5. The zero-order valence-corrected chi connectivity index (χ0v) is 14.3. The van der Waals surface area contributed by atoms with Gasteiger partial charge in [-0.05, 0) is 29.8 Å². The molecule has 1 N–H and O–H groups in total. The van der Waals surface area contributed by atoms with Crippen LogP contribution < -0.4 is 19.6 Å². The fraction of sp³-hybridized carbons (Fsp3) is 0.222. The van der Waals surface area contributed by atoms with Gasteiger partial charge in [0.2, 0.25) is 11.7 Å². The summed E-state index contributed by atoms with van der Waals surface area (Å²) in [5.74, 6) is 1.34. The number of nitrogens with zero attached hydrogens (tertiary/aromatic N) is 2. The van der Waals surface area contributed by atoms with E-state index in [1.165, 1.54) is 7.11 Å². The molecule has 1 heterocycles. The molecule has 0 fully saturated rings. The van der Waals surface area contributed by atoms with E-state index in [0.29, 0.717) is 17.2 Å². The highest BCUT2D eigenvalue weighted by Gasteiger charge is 2.15. The summed E-state index contributed by atoms with van der Waals surface area (Å²) in [7, 11) is 4.62. The van der Waals surface area contributed by atoms with Crippen molar-refractivity contribution in [2.45, 2.75) is 6.42 Å². The van der Waals surface area contributed by atoms with E-state index in [1.54, 1.807) is 37.4 Å². The van der Waals surface area contributed by atoms with Crippen LogP contribution in [0.4, 0.5) is 0 Å². The van der Waals surface area contributed by atoms with E-state index in [0.717, 1.165) is 16.6 Å². The van der Waals surface area contributed by atoms with E-state index in [2.05, 4.69) is 10.4 Å². The number of methoxy groups -OCH3 is 3. The number of hydrogen-bond acceptors (Lipinski definition) is 5. The standard InChI is InChI=1S/C18H19N3O4/c1-23-15-8-12(9-16(24-2)18(15)25-3)10-17(22)20-21-11-19-13-6-4-5-7-14(13)21/h4-9,11H,10H2,1-3H3,(H,20,22). The number of rotatable bonds is 6. The second-order valence-electron chi connectivity index (χ2n) is 5.35. The number of ether oxygens (including phenoxy) is 3. The summed E-state index contributed by atoms with van der Waals surface area (Å²) < 4.78 is 17.5. The maximum atomic E-state index is 12.4. The summed E-state index contributed by atoms with van der Waals surface area (Å²) in [6.07, 6.45) is 1.74. The number of hydrogen-bond donors (Lipinski definition) is 1. The maximum Gasteiger partial charge on any atom is 0.243 e. The highest BCUT2D eigenvalue weighted by atomic mass is 16.5. The predicted octanol–water partition coefficient (Wildman–Crippen LogP) is 2.37. The van der Waals surface area contributed by atoms with Crippen LogP contribution in [0, 0.1) is 0 Å². The van der Waals surface area contributed by atoms with Crippen molar-refractivity contribution in [1.82, 2.24) is 9.66 Å². The Bertz CT molecular complexity index is 879. The minimum Gasteiger partial charge on any atom is -0.493 e. The van der Waals surface area contributed by atoms with Gasteiger partial charge < -0.3 is 14.2 Å². The zero-order chi connectivity index (χ0) is 17.8. The van der Waals surface area contributed by atoms with Crippen molar-refractivity contribution in [2.24, 2.45) is 0 Å². The molecule has 0 aliphatic heterocycles. The first-order valence-corrected chi connectivity index (χ1v) is 7.67. The molecular weight excluding hydrogens is 322 g/mol. The number of imidazole rings is 1. The van der Waals surface area contributed by atoms with Crippen LogP contribution in [0.5, 0.6) is 17.2 Å². The van der Waals surface area contributed by atoms with Crippen molar-refractivity contribution in [2.75, 3.05) is 26.8 Å². The minimum absolute atomic E-state index is 0.156. The lowest BCUT2D eigenvalue weighted by Gasteiger charge is -2.14. The molecule has 130 valence electrons. The third-order valence-electron chi connectivity index (χ3n) is 3.79. The van der Waals surface area contributed by atoms with Crippen LogP contribution in [0.2, 0.25) is 0 Å². The van der Waals surface area contributed by atoms with Crippen molar-refractivity contribution in [1.29, 1.82) is 0 Å². The molecule has 0 bridgehead atoms. The van der Waals surface area contributed by atoms with Gasteiger partial charge in [0.05, 0.1) is 38.8 Å². The first kappa shape index (κ1) is 16.6. The first-order chi connectivity index (χ1) is 12.2. The molecule has 0 radical (unpaired) electrons. The molecule has 0 atom stereocenters. The Morgan fingerprint density at radius 1 is 1.08 bits per heavy atom. The Kier molecular flexibility index (Phi) is 4.74. The molecule has 25 heavy (non-hydrogen) atoms. The summed E-state index contributed by atoms with van der Waals surface area (Å²) in [5, 5.41) is 0. The Morgan fingerprint density at radius 3 is 2.40 bits per heavy atom. The molecule has 7 heteroatoms. The second-order valence-corrected chi connectivity index (χ2v) is 5.35. The van der Waals surface area contributed by atoms with Crippen LogP contribution in [0.1, 0.15) is 5.56 Å². The van der Waals surface area contributed by atoms with E-state index >= 15 is 0 Å². The Labute approximate surface area is 145 Å². The van der Waals surface area contributed by atoms with Crippen LogP contribution in [0.3, 0.4) is 0 Å². The highest BCUT2D eigenvalue weighted by Crippen LogP contribution is 2.38. The average Bonchev–Trinajstić information content (AvgIpc) is 3.03. The number of nitrogens with one attached hydrogen (secondary N) is 1. The number of carbonyl (C=O) groups excluding carboxylic acids is 1. The molecule has 0 aliphatic carbocycles. The maximum absolute atomic E-state index is 12.4.